The minimum Gasteiger partial charge on any atom is -0.379 e. The Labute approximate surface area is 125 Å². The molecule has 1 aliphatic rings. The lowest BCUT2D eigenvalue weighted by Crippen LogP contribution is -2.36. The lowest BCUT2D eigenvalue weighted by atomic mass is 9.98. The summed E-state index contributed by atoms with van der Waals surface area (Å²) in [7, 11) is 0. The maximum atomic E-state index is 12.7. The predicted molar refractivity (Wildman–Crippen MR) is 82.4 cm³/mol. The lowest BCUT2D eigenvalue weighted by Gasteiger charge is -2.27. The van der Waals surface area contributed by atoms with E-state index in [2.05, 4.69) is 4.90 Å². The summed E-state index contributed by atoms with van der Waals surface area (Å²) in [5, 5.41) is 0. The summed E-state index contributed by atoms with van der Waals surface area (Å²) in [6, 6.07) is 17.4. The maximum absolute atomic E-state index is 12.7. The molecule has 0 aromatic heterocycles. The first kappa shape index (κ1) is 14.0. The van der Waals surface area contributed by atoms with E-state index in [1.165, 1.54) is 0 Å². The Balaban J connectivity index is 1.83. The average Bonchev–Trinajstić information content (AvgIpc) is 2.56. The molecule has 0 unspecified atom stereocenters. The zero-order valence-corrected chi connectivity index (χ0v) is 12.0. The average molecular weight is 281 g/mol. The van der Waals surface area contributed by atoms with E-state index in [1.54, 1.807) is 0 Å². The Morgan fingerprint density at radius 2 is 1.62 bits per heavy atom. The molecule has 108 valence electrons. The summed E-state index contributed by atoms with van der Waals surface area (Å²) in [4.78, 5) is 15.0. The first-order valence-corrected chi connectivity index (χ1v) is 7.32. The molecule has 0 N–H and O–H groups in total. The fourth-order valence-corrected chi connectivity index (χ4v) is 2.62. The minimum atomic E-state index is 0.0967. The van der Waals surface area contributed by atoms with Crippen LogP contribution < -0.4 is 0 Å². The van der Waals surface area contributed by atoms with Gasteiger partial charge in [0.2, 0.25) is 0 Å². The predicted octanol–water partition coefficient (Wildman–Crippen LogP) is 2.75. The van der Waals surface area contributed by atoms with Crippen LogP contribution >= 0.6 is 0 Å². The van der Waals surface area contributed by atoms with Crippen molar-refractivity contribution in [2.75, 3.05) is 26.3 Å². The molecule has 1 fully saturated rings. The van der Waals surface area contributed by atoms with Gasteiger partial charge in [0.25, 0.3) is 0 Å². The number of rotatable bonds is 4. The summed E-state index contributed by atoms with van der Waals surface area (Å²) >= 11 is 0. The van der Waals surface area contributed by atoms with E-state index in [9.17, 15) is 4.79 Å². The van der Waals surface area contributed by atoms with Crippen molar-refractivity contribution in [3.8, 4) is 0 Å². The molecule has 0 atom stereocenters. The molecule has 0 bridgehead atoms. The number of ketones is 1. The maximum Gasteiger partial charge on any atom is 0.193 e. The van der Waals surface area contributed by atoms with Crippen LogP contribution in [0.2, 0.25) is 0 Å². The van der Waals surface area contributed by atoms with Crippen LogP contribution in [0.15, 0.2) is 54.6 Å². The topological polar surface area (TPSA) is 29.5 Å². The Bertz CT molecular complexity index is 604. The van der Waals surface area contributed by atoms with Gasteiger partial charge in [-0.25, -0.2) is 0 Å². The molecule has 2 aromatic carbocycles. The van der Waals surface area contributed by atoms with Crippen LogP contribution in [0.1, 0.15) is 21.5 Å². The highest BCUT2D eigenvalue weighted by atomic mass is 16.5. The Hall–Kier alpha value is -1.97. The van der Waals surface area contributed by atoms with Crippen LogP contribution in [-0.2, 0) is 11.3 Å². The van der Waals surface area contributed by atoms with Gasteiger partial charge in [-0.3, -0.25) is 9.69 Å². The summed E-state index contributed by atoms with van der Waals surface area (Å²) < 4.78 is 5.38. The van der Waals surface area contributed by atoms with Crippen molar-refractivity contribution >= 4 is 5.78 Å². The summed E-state index contributed by atoms with van der Waals surface area (Å²) in [6.45, 7) is 4.20. The standard InChI is InChI=1S/C18H19NO2/c20-18(15-6-2-1-3-7-15)17-9-5-4-8-16(17)14-19-10-12-21-13-11-19/h1-9H,10-14H2. The second kappa shape index (κ2) is 6.66. The normalized spacial score (nSPS) is 15.8. The van der Waals surface area contributed by atoms with Crippen LogP contribution in [-0.4, -0.2) is 37.0 Å². The summed E-state index contributed by atoms with van der Waals surface area (Å²) in [5.74, 6) is 0.0967. The molecule has 3 heteroatoms. The van der Waals surface area contributed by atoms with Crippen molar-refractivity contribution in [3.05, 3.63) is 71.3 Å². The SMILES string of the molecule is O=C(c1ccccc1)c1ccccc1CN1CCOCC1. The van der Waals surface area contributed by atoms with E-state index >= 15 is 0 Å². The second-order valence-electron chi connectivity index (χ2n) is 5.24. The zero-order valence-electron chi connectivity index (χ0n) is 12.0. The number of hydrogen-bond donors (Lipinski definition) is 0. The van der Waals surface area contributed by atoms with Crippen LogP contribution in [0.4, 0.5) is 0 Å². The van der Waals surface area contributed by atoms with Gasteiger partial charge in [0.05, 0.1) is 13.2 Å². The monoisotopic (exact) mass is 281 g/mol. The van der Waals surface area contributed by atoms with Crippen LogP contribution in [0.25, 0.3) is 0 Å². The number of carbonyl (C=O) groups excluding carboxylic acids is 1. The fourth-order valence-electron chi connectivity index (χ4n) is 2.62. The number of benzene rings is 2. The third kappa shape index (κ3) is 3.38. The zero-order chi connectivity index (χ0) is 14.5. The Morgan fingerprint density at radius 3 is 2.38 bits per heavy atom. The smallest absolute Gasteiger partial charge is 0.193 e. The molecule has 0 radical (unpaired) electrons. The quantitative estimate of drug-likeness (QED) is 0.807. The third-order valence-electron chi connectivity index (χ3n) is 3.80. The molecule has 1 heterocycles. The van der Waals surface area contributed by atoms with Gasteiger partial charge in [-0.05, 0) is 5.56 Å². The number of nitrogens with zero attached hydrogens (tertiary/aromatic N) is 1. The molecular weight excluding hydrogens is 262 g/mol. The van der Waals surface area contributed by atoms with E-state index in [0.29, 0.717) is 0 Å². The number of carbonyl (C=O) groups is 1. The summed E-state index contributed by atoms with van der Waals surface area (Å²) in [5.41, 5.74) is 2.63. The van der Waals surface area contributed by atoms with E-state index in [0.717, 1.165) is 49.5 Å². The van der Waals surface area contributed by atoms with E-state index in [4.69, 9.17) is 4.74 Å². The minimum absolute atomic E-state index is 0.0967. The van der Waals surface area contributed by atoms with Crippen molar-refractivity contribution in [1.82, 2.24) is 4.90 Å². The molecule has 21 heavy (non-hydrogen) atoms. The van der Waals surface area contributed by atoms with Crippen LogP contribution in [0.3, 0.4) is 0 Å². The summed E-state index contributed by atoms with van der Waals surface area (Å²) in [6.07, 6.45) is 0. The van der Waals surface area contributed by atoms with Crippen molar-refractivity contribution in [3.63, 3.8) is 0 Å². The second-order valence-corrected chi connectivity index (χ2v) is 5.24. The van der Waals surface area contributed by atoms with Crippen molar-refractivity contribution < 1.29 is 9.53 Å². The van der Waals surface area contributed by atoms with Gasteiger partial charge in [-0.15, -0.1) is 0 Å². The Kier molecular flexibility index (Phi) is 4.43. The molecule has 0 amide bonds. The first-order valence-electron chi connectivity index (χ1n) is 7.32. The molecule has 0 aliphatic carbocycles. The third-order valence-corrected chi connectivity index (χ3v) is 3.80. The highest BCUT2D eigenvalue weighted by molar-refractivity contribution is 6.09. The van der Waals surface area contributed by atoms with Gasteiger partial charge in [-0.1, -0.05) is 54.6 Å². The van der Waals surface area contributed by atoms with Crippen LogP contribution in [0.5, 0.6) is 0 Å². The van der Waals surface area contributed by atoms with Gasteiger partial charge >= 0.3 is 0 Å². The van der Waals surface area contributed by atoms with E-state index < -0.39 is 0 Å². The van der Waals surface area contributed by atoms with Crippen molar-refractivity contribution in [1.29, 1.82) is 0 Å². The first-order chi connectivity index (χ1) is 10.3. The van der Waals surface area contributed by atoms with Gasteiger partial charge in [0.1, 0.15) is 0 Å². The largest absolute Gasteiger partial charge is 0.379 e. The van der Waals surface area contributed by atoms with Gasteiger partial charge < -0.3 is 4.74 Å². The van der Waals surface area contributed by atoms with Gasteiger partial charge in [0.15, 0.2) is 5.78 Å². The highest BCUT2D eigenvalue weighted by Gasteiger charge is 2.16. The van der Waals surface area contributed by atoms with Crippen molar-refractivity contribution in [2.24, 2.45) is 0 Å². The molecular formula is C18H19NO2. The number of ether oxygens (including phenoxy) is 1. The molecule has 1 aliphatic heterocycles. The van der Waals surface area contributed by atoms with Gasteiger partial charge in [0, 0.05) is 30.8 Å². The lowest BCUT2D eigenvalue weighted by molar-refractivity contribution is 0.0341. The van der Waals surface area contributed by atoms with E-state index in [1.807, 2.05) is 54.6 Å². The van der Waals surface area contributed by atoms with Crippen molar-refractivity contribution in [2.45, 2.75) is 6.54 Å². The fraction of sp³-hybridized carbons (Fsp3) is 0.278. The number of morpholine rings is 1. The molecule has 0 saturated carbocycles. The van der Waals surface area contributed by atoms with Gasteiger partial charge in [-0.2, -0.15) is 0 Å². The molecule has 2 aromatic rings. The highest BCUT2D eigenvalue weighted by Crippen LogP contribution is 2.17. The number of hydrogen-bond acceptors (Lipinski definition) is 3. The molecule has 0 spiro atoms. The van der Waals surface area contributed by atoms with Crippen LogP contribution in [0, 0.1) is 0 Å². The molecule has 3 nitrogen and oxygen atoms in total. The molecule has 3 rings (SSSR count). The Morgan fingerprint density at radius 1 is 0.952 bits per heavy atom. The van der Waals surface area contributed by atoms with E-state index in [-0.39, 0.29) is 5.78 Å². The molecule has 1 saturated heterocycles.